The lowest BCUT2D eigenvalue weighted by Crippen LogP contribution is -2.29. The summed E-state index contributed by atoms with van der Waals surface area (Å²) in [7, 11) is -4.18. The third-order valence-corrected chi connectivity index (χ3v) is 4.00. The standard InChI is InChI=1S/C7H18N2O3S2/c1-7(13(2)10)3-4-9-5-6-14(8,11)12/h7,9H,3-6H2,1-2H3,(H2,8,11,12). The number of rotatable bonds is 7. The Bertz CT molecular complexity index is 277. The Balaban J connectivity index is 3.44. The molecule has 0 radical (unpaired) electrons. The van der Waals surface area contributed by atoms with Gasteiger partial charge in [-0.2, -0.15) is 0 Å². The van der Waals surface area contributed by atoms with E-state index in [1.807, 2.05) is 6.92 Å². The van der Waals surface area contributed by atoms with Gasteiger partial charge in [0.1, 0.15) is 0 Å². The Morgan fingerprint density at radius 1 is 1.43 bits per heavy atom. The molecule has 0 aliphatic heterocycles. The van der Waals surface area contributed by atoms with E-state index in [-0.39, 0.29) is 11.0 Å². The lowest BCUT2D eigenvalue weighted by molar-refractivity contribution is 0.589. The lowest BCUT2D eigenvalue weighted by Gasteiger charge is -2.08. The highest BCUT2D eigenvalue weighted by molar-refractivity contribution is 7.89. The minimum Gasteiger partial charge on any atom is -0.316 e. The van der Waals surface area contributed by atoms with Crippen LogP contribution in [0.2, 0.25) is 0 Å². The molecule has 2 atom stereocenters. The number of sulfonamides is 1. The van der Waals surface area contributed by atoms with E-state index in [0.717, 1.165) is 6.42 Å². The van der Waals surface area contributed by atoms with Crippen molar-refractivity contribution in [2.24, 2.45) is 5.14 Å². The van der Waals surface area contributed by atoms with Gasteiger partial charge in [0.2, 0.25) is 10.0 Å². The predicted octanol–water partition coefficient (Wildman–Crippen LogP) is -0.978. The van der Waals surface area contributed by atoms with Crippen molar-refractivity contribution < 1.29 is 12.6 Å². The molecule has 0 aliphatic rings. The number of primary sulfonamides is 1. The molecule has 14 heavy (non-hydrogen) atoms. The minimum atomic E-state index is -3.36. The molecule has 0 rings (SSSR count). The van der Waals surface area contributed by atoms with E-state index < -0.39 is 20.8 Å². The summed E-state index contributed by atoms with van der Waals surface area (Å²) in [6.07, 6.45) is 2.43. The van der Waals surface area contributed by atoms with E-state index in [0.29, 0.717) is 13.1 Å². The molecule has 0 aromatic carbocycles. The Labute approximate surface area is 88.0 Å². The van der Waals surface area contributed by atoms with E-state index >= 15 is 0 Å². The molecule has 0 aromatic heterocycles. The molecule has 86 valence electrons. The van der Waals surface area contributed by atoms with Crippen molar-refractivity contribution in [1.29, 1.82) is 0 Å². The fourth-order valence-corrected chi connectivity index (χ4v) is 1.69. The minimum absolute atomic E-state index is 0.0589. The highest BCUT2D eigenvalue weighted by atomic mass is 32.2. The van der Waals surface area contributed by atoms with Gasteiger partial charge in [0, 0.05) is 28.9 Å². The fraction of sp³-hybridized carbons (Fsp3) is 1.00. The maximum Gasteiger partial charge on any atom is 0.210 e. The summed E-state index contributed by atoms with van der Waals surface area (Å²) in [5, 5.41) is 7.88. The van der Waals surface area contributed by atoms with Crippen molar-refractivity contribution in [2.45, 2.75) is 18.6 Å². The van der Waals surface area contributed by atoms with Gasteiger partial charge in [0.05, 0.1) is 5.75 Å². The summed E-state index contributed by atoms with van der Waals surface area (Å²) in [6.45, 7) is 2.91. The molecular weight excluding hydrogens is 224 g/mol. The van der Waals surface area contributed by atoms with Gasteiger partial charge in [0.25, 0.3) is 0 Å². The zero-order valence-electron chi connectivity index (χ0n) is 8.52. The first-order chi connectivity index (χ1) is 6.33. The SMILES string of the molecule is CC(CCNCCS(N)(=O)=O)S(C)=O. The van der Waals surface area contributed by atoms with Crippen LogP contribution in [0.5, 0.6) is 0 Å². The van der Waals surface area contributed by atoms with Gasteiger partial charge in [-0.15, -0.1) is 0 Å². The van der Waals surface area contributed by atoms with Gasteiger partial charge >= 0.3 is 0 Å². The van der Waals surface area contributed by atoms with Crippen molar-refractivity contribution in [2.75, 3.05) is 25.1 Å². The molecule has 3 N–H and O–H groups in total. The first kappa shape index (κ1) is 14.0. The maximum atomic E-state index is 10.9. The monoisotopic (exact) mass is 242 g/mol. The molecular formula is C7H18N2O3S2. The van der Waals surface area contributed by atoms with Crippen LogP contribution in [0.25, 0.3) is 0 Å². The van der Waals surface area contributed by atoms with Crippen LogP contribution in [0.1, 0.15) is 13.3 Å². The zero-order valence-corrected chi connectivity index (χ0v) is 10.2. The number of nitrogens with two attached hydrogens (primary N) is 1. The second kappa shape index (κ2) is 6.49. The van der Waals surface area contributed by atoms with Crippen LogP contribution in [0.4, 0.5) is 0 Å². The molecule has 0 aromatic rings. The molecule has 0 aliphatic carbocycles. The van der Waals surface area contributed by atoms with E-state index in [1.165, 1.54) is 0 Å². The molecule has 0 amide bonds. The second-order valence-corrected chi connectivity index (χ2v) is 6.75. The van der Waals surface area contributed by atoms with Crippen LogP contribution in [-0.2, 0) is 20.8 Å². The van der Waals surface area contributed by atoms with Crippen molar-refractivity contribution >= 4 is 20.8 Å². The van der Waals surface area contributed by atoms with Crippen LogP contribution in [-0.4, -0.2) is 43.0 Å². The van der Waals surface area contributed by atoms with E-state index in [1.54, 1.807) is 6.26 Å². The van der Waals surface area contributed by atoms with Crippen molar-refractivity contribution in [3.8, 4) is 0 Å². The van der Waals surface area contributed by atoms with Crippen LogP contribution in [0, 0.1) is 0 Å². The molecule has 0 heterocycles. The van der Waals surface area contributed by atoms with Gasteiger partial charge in [-0.1, -0.05) is 6.92 Å². The summed E-state index contributed by atoms with van der Waals surface area (Å²) in [5.41, 5.74) is 0. The third kappa shape index (κ3) is 8.61. The smallest absolute Gasteiger partial charge is 0.210 e. The Kier molecular flexibility index (Phi) is 6.50. The van der Waals surface area contributed by atoms with Crippen molar-refractivity contribution in [1.82, 2.24) is 5.32 Å². The summed E-state index contributed by atoms with van der Waals surface area (Å²) < 4.78 is 32.0. The van der Waals surface area contributed by atoms with E-state index in [2.05, 4.69) is 5.32 Å². The first-order valence-corrected chi connectivity index (χ1v) is 7.70. The van der Waals surface area contributed by atoms with Crippen molar-refractivity contribution in [3.05, 3.63) is 0 Å². The summed E-state index contributed by atoms with van der Waals surface area (Å²) in [6, 6.07) is 0. The average molecular weight is 242 g/mol. The summed E-state index contributed by atoms with van der Waals surface area (Å²) in [4.78, 5) is 0. The van der Waals surface area contributed by atoms with E-state index in [4.69, 9.17) is 5.14 Å². The van der Waals surface area contributed by atoms with Crippen molar-refractivity contribution in [3.63, 3.8) is 0 Å². The Hall–Kier alpha value is 0.0200. The van der Waals surface area contributed by atoms with Gasteiger partial charge in [0.15, 0.2) is 0 Å². The summed E-state index contributed by atoms with van der Waals surface area (Å²) in [5.74, 6) is -0.0589. The average Bonchev–Trinajstić information content (AvgIpc) is 2.01. The first-order valence-electron chi connectivity index (χ1n) is 4.36. The molecule has 0 saturated heterocycles. The molecule has 2 unspecified atom stereocenters. The largest absolute Gasteiger partial charge is 0.316 e. The number of hydrogen-bond acceptors (Lipinski definition) is 4. The van der Waals surface area contributed by atoms with E-state index in [9.17, 15) is 12.6 Å². The van der Waals surface area contributed by atoms with Crippen LogP contribution in [0.3, 0.4) is 0 Å². The second-order valence-electron chi connectivity index (χ2n) is 3.21. The highest BCUT2D eigenvalue weighted by Crippen LogP contribution is 1.96. The maximum absolute atomic E-state index is 10.9. The Morgan fingerprint density at radius 2 is 2.00 bits per heavy atom. The summed E-state index contributed by atoms with van der Waals surface area (Å²) >= 11 is 0. The van der Waals surface area contributed by atoms with Gasteiger partial charge < -0.3 is 5.32 Å². The quantitative estimate of drug-likeness (QED) is 0.562. The number of hydrogen-bond donors (Lipinski definition) is 2. The normalized spacial score (nSPS) is 16.5. The van der Waals surface area contributed by atoms with Crippen LogP contribution in [0.15, 0.2) is 0 Å². The van der Waals surface area contributed by atoms with Crippen LogP contribution >= 0.6 is 0 Å². The molecule has 0 bridgehead atoms. The third-order valence-electron chi connectivity index (χ3n) is 1.86. The topological polar surface area (TPSA) is 89.3 Å². The number of nitrogens with one attached hydrogen (secondary N) is 1. The molecule has 0 fully saturated rings. The lowest BCUT2D eigenvalue weighted by atomic mass is 10.3. The molecule has 7 heteroatoms. The van der Waals surface area contributed by atoms with Gasteiger partial charge in [-0.05, 0) is 13.0 Å². The fourth-order valence-electron chi connectivity index (χ4n) is 0.811. The zero-order chi connectivity index (χ0) is 11.2. The predicted molar refractivity (Wildman–Crippen MR) is 59.0 cm³/mol. The van der Waals surface area contributed by atoms with Gasteiger partial charge in [-0.3, -0.25) is 4.21 Å². The van der Waals surface area contributed by atoms with Gasteiger partial charge in [-0.25, -0.2) is 13.6 Å². The molecule has 5 nitrogen and oxygen atoms in total. The Morgan fingerprint density at radius 3 is 2.43 bits per heavy atom. The van der Waals surface area contributed by atoms with Crippen LogP contribution < -0.4 is 10.5 Å². The highest BCUT2D eigenvalue weighted by Gasteiger charge is 2.05. The molecule has 0 saturated carbocycles. The molecule has 0 spiro atoms.